The number of aromatic nitrogens is 1. The van der Waals surface area contributed by atoms with E-state index in [0.717, 1.165) is 23.4 Å². The van der Waals surface area contributed by atoms with E-state index < -0.39 is 17.8 Å². The number of alkyl halides is 3. The van der Waals surface area contributed by atoms with Crippen LogP contribution in [0.5, 0.6) is 0 Å². The first-order valence-electron chi connectivity index (χ1n) is 5.85. The molecule has 1 aromatic carbocycles. The molecule has 0 spiro atoms. The number of thioether (sulfide) groups is 1. The maximum atomic E-state index is 12.8. The van der Waals surface area contributed by atoms with Gasteiger partial charge in [0.05, 0.1) is 11.7 Å². The molecule has 106 valence electrons. The fraction of sp³-hybridized carbons (Fsp3) is 0.214. The molecular formula is C14H12F3NOS. The van der Waals surface area contributed by atoms with Crippen LogP contribution in [0.25, 0.3) is 0 Å². The van der Waals surface area contributed by atoms with Crippen molar-refractivity contribution in [2.24, 2.45) is 0 Å². The molecule has 0 saturated carbocycles. The first-order valence-corrected chi connectivity index (χ1v) is 6.84. The lowest BCUT2D eigenvalue weighted by molar-refractivity contribution is -0.139. The van der Waals surface area contributed by atoms with Crippen molar-refractivity contribution in [2.75, 3.05) is 5.75 Å². The Morgan fingerprint density at radius 1 is 1.15 bits per heavy atom. The first kappa shape index (κ1) is 14.9. The Bertz CT molecular complexity index is 560. The van der Waals surface area contributed by atoms with Crippen molar-refractivity contribution in [3.63, 3.8) is 0 Å². The van der Waals surface area contributed by atoms with Gasteiger partial charge in [-0.05, 0) is 18.2 Å². The summed E-state index contributed by atoms with van der Waals surface area (Å²) >= 11 is 1.30. The molecule has 6 heteroatoms. The average molecular weight is 299 g/mol. The van der Waals surface area contributed by atoms with Crippen molar-refractivity contribution in [2.45, 2.75) is 17.2 Å². The number of benzene rings is 1. The van der Waals surface area contributed by atoms with E-state index in [0.29, 0.717) is 0 Å². The molecule has 0 aliphatic carbocycles. The van der Waals surface area contributed by atoms with Crippen LogP contribution >= 0.6 is 11.8 Å². The third-order valence-electron chi connectivity index (χ3n) is 2.67. The summed E-state index contributed by atoms with van der Waals surface area (Å²) in [6, 6.07) is 10.1. The Labute approximate surface area is 118 Å². The van der Waals surface area contributed by atoms with Gasteiger partial charge in [-0.2, -0.15) is 13.2 Å². The van der Waals surface area contributed by atoms with E-state index in [-0.39, 0.29) is 11.3 Å². The third-order valence-corrected chi connectivity index (χ3v) is 3.76. The Morgan fingerprint density at radius 3 is 2.50 bits per heavy atom. The van der Waals surface area contributed by atoms with Crippen molar-refractivity contribution < 1.29 is 18.3 Å². The van der Waals surface area contributed by atoms with Gasteiger partial charge >= 0.3 is 6.18 Å². The number of aliphatic hydroxyl groups excluding tert-OH is 1. The van der Waals surface area contributed by atoms with Gasteiger partial charge in [0.1, 0.15) is 0 Å². The molecule has 0 bridgehead atoms. The summed E-state index contributed by atoms with van der Waals surface area (Å²) in [5, 5.41) is 9.97. The van der Waals surface area contributed by atoms with Gasteiger partial charge in [0.15, 0.2) is 0 Å². The molecule has 1 aromatic heterocycles. The van der Waals surface area contributed by atoms with Crippen LogP contribution < -0.4 is 0 Å². The lowest BCUT2D eigenvalue weighted by Gasteiger charge is -2.16. The standard InChI is InChI=1S/C14H12F3NOS/c15-14(16,17)12-6-7-18-8-11(12)13(19)9-20-10-4-2-1-3-5-10/h1-8,13,19H,9H2. The number of aliphatic hydroxyl groups is 1. The van der Waals surface area contributed by atoms with Crippen molar-refractivity contribution in [1.82, 2.24) is 4.98 Å². The zero-order valence-electron chi connectivity index (χ0n) is 10.3. The minimum Gasteiger partial charge on any atom is -0.387 e. The number of rotatable bonds is 4. The zero-order valence-corrected chi connectivity index (χ0v) is 11.2. The molecule has 1 unspecified atom stereocenters. The lowest BCUT2D eigenvalue weighted by atomic mass is 10.1. The molecule has 2 aromatic rings. The summed E-state index contributed by atoms with van der Waals surface area (Å²) in [5.74, 6) is 0.138. The van der Waals surface area contributed by atoms with E-state index in [1.54, 1.807) is 0 Å². The Morgan fingerprint density at radius 2 is 1.85 bits per heavy atom. The summed E-state index contributed by atoms with van der Waals surface area (Å²) in [6.07, 6.45) is -3.57. The van der Waals surface area contributed by atoms with Crippen LogP contribution in [-0.4, -0.2) is 15.8 Å². The van der Waals surface area contributed by atoms with E-state index in [1.807, 2.05) is 30.3 Å². The topological polar surface area (TPSA) is 33.1 Å². The molecule has 2 rings (SSSR count). The molecule has 20 heavy (non-hydrogen) atoms. The van der Waals surface area contributed by atoms with E-state index in [4.69, 9.17) is 0 Å². The Kier molecular flexibility index (Phi) is 4.67. The molecule has 0 amide bonds. The van der Waals surface area contributed by atoms with Crippen LogP contribution in [0.4, 0.5) is 13.2 Å². The molecule has 0 radical (unpaired) electrons. The highest BCUT2D eigenvalue weighted by molar-refractivity contribution is 7.99. The molecule has 0 fully saturated rings. The minimum atomic E-state index is -4.49. The van der Waals surface area contributed by atoms with E-state index in [2.05, 4.69) is 4.98 Å². The maximum absolute atomic E-state index is 12.8. The predicted octanol–water partition coefficient (Wildman–Crippen LogP) is 3.93. The second-order valence-corrected chi connectivity index (χ2v) is 5.19. The van der Waals surface area contributed by atoms with Crippen molar-refractivity contribution in [3.8, 4) is 0 Å². The highest BCUT2D eigenvalue weighted by Gasteiger charge is 2.34. The van der Waals surface area contributed by atoms with Gasteiger partial charge in [0.2, 0.25) is 0 Å². The van der Waals surface area contributed by atoms with Crippen LogP contribution in [0.15, 0.2) is 53.7 Å². The number of nitrogens with zero attached hydrogens (tertiary/aromatic N) is 1. The molecule has 0 aliphatic rings. The van der Waals surface area contributed by atoms with Gasteiger partial charge in [0.25, 0.3) is 0 Å². The van der Waals surface area contributed by atoms with Crippen LogP contribution in [0.1, 0.15) is 17.2 Å². The van der Waals surface area contributed by atoms with Crippen molar-refractivity contribution in [3.05, 3.63) is 59.9 Å². The highest BCUT2D eigenvalue weighted by Crippen LogP contribution is 2.35. The van der Waals surface area contributed by atoms with Gasteiger partial charge in [0, 0.05) is 28.6 Å². The maximum Gasteiger partial charge on any atom is 0.416 e. The molecular weight excluding hydrogens is 287 g/mol. The van der Waals surface area contributed by atoms with Crippen LogP contribution in [0, 0.1) is 0 Å². The van der Waals surface area contributed by atoms with Crippen molar-refractivity contribution >= 4 is 11.8 Å². The number of halogens is 3. The third kappa shape index (κ3) is 3.74. The van der Waals surface area contributed by atoms with Gasteiger partial charge < -0.3 is 5.11 Å². The Balaban J connectivity index is 2.12. The van der Waals surface area contributed by atoms with Gasteiger partial charge in [-0.3, -0.25) is 4.98 Å². The van der Waals surface area contributed by atoms with Gasteiger partial charge in [-0.15, -0.1) is 11.8 Å². The van der Waals surface area contributed by atoms with Crippen LogP contribution in [-0.2, 0) is 6.18 Å². The molecule has 1 atom stereocenters. The molecule has 0 aliphatic heterocycles. The Hall–Kier alpha value is -1.53. The predicted molar refractivity (Wildman–Crippen MR) is 71.4 cm³/mol. The summed E-state index contributed by atoms with van der Waals surface area (Å²) in [4.78, 5) is 4.56. The second-order valence-electron chi connectivity index (χ2n) is 4.10. The molecule has 1 N–H and O–H groups in total. The monoisotopic (exact) mass is 299 g/mol. The molecule has 0 saturated heterocycles. The van der Waals surface area contributed by atoms with E-state index in [9.17, 15) is 18.3 Å². The van der Waals surface area contributed by atoms with Gasteiger partial charge in [-0.25, -0.2) is 0 Å². The summed E-state index contributed by atoms with van der Waals surface area (Å²) < 4.78 is 38.5. The van der Waals surface area contributed by atoms with Gasteiger partial charge in [-0.1, -0.05) is 18.2 Å². The SMILES string of the molecule is OC(CSc1ccccc1)c1cnccc1C(F)(F)F. The number of pyridine rings is 1. The smallest absolute Gasteiger partial charge is 0.387 e. The average Bonchev–Trinajstić information content (AvgIpc) is 2.45. The van der Waals surface area contributed by atoms with Crippen LogP contribution in [0.2, 0.25) is 0 Å². The molecule has 1 heterocycles. The van der Waals surface area contributed by atoms with Crippen LogP contribution in [0.3, 0.4) is 0 Å². The number of hydrogen-bond acceptors (Lipinski definition) is 3. The summed E-state index contributed by atoms with van der Waals surface area (Å²) in [7, 11) is 0. The fourth-order valence-corrected chi connectivity index (χ4v) is 2.59. The minimum absolute atomic E-state index is 0.138. The number of hydrogen-bond donors (Lipinski definition) is 1. The zero-order chi connectivity index (χ0) is 14.6. The second kappa shape index (κ2) is 6.28. The summed E-state index contributed by atoms with van der Waals surface area (Å²) in [6.45, 7) is 0. The van der Waals surface area contributed by atoms with E-state index >= 15 is 0 Å². The normalized spacial score (nSPS) is 13.2. The molecule has 2 nitrogen and oxygen atoms in total. The quantitative estimate of drug-likeness (QED) is 0.868. The van der Waals surface area contributed by atoms with Crippen molar-refractivity contribution in [1.29, 1.82) is 0 Å². The van der Waals surface area contributed by atoms with E-state index in [1.165, 1.54) is 11.8 Å². The fourth-order valence-electron chi connectivity index (χ4n) is 1.71. The lowest BCUT2D eigenvalue weighted by Crippen LogP contribution is -2.13. The highest BCUT2D eigenvalue weighted by atomic mass is 32.2. The largest absolute Gasteiger partial charge is 0.416 e. The first-order chi connectivity index (χ1) is 9.48. The summed E-state index contributed by atoms with van der Waals surface area (Å²) in [5.41, 5.74) is -1.03.